The summed E-state index contributed by atoms with van der Waals surface area (Å²) in [5, 5.41) is 15.5. The van der Waals surface area contributed by atoms with Crippen LogP contribution in [0.1, 0.15) is 31.2 Å². The maximum Gasteiger partial charge on any atom is 0.215 e. The summed E-state index contributed by atoms with van der Waals surface area (Å²) in [4.78, 5) is 0. The SMILES string of the molecule is COc1cc2cc(C3(C)CC3)n(Cc3ccc(-c4nnn[nH]4)o3)c2cc1Cl. The summed E-state index contributed by atoms with van der Waals surface area (Å²) in [5.41, 5.74) is 2.56. The van der Waals surface area contributed by atoms with Crippen LogP contribution in [-0.4, -0.2) is 32.3 Å². The molecule has 1 fully saturated rings. The second kappa shape index (κ2) is 5.85. The van der Waals surface area contributed by atoms with E-state index >= 15 is 0 Å². The van der Waals surface area contributed by atoms with E-state index in [1.807, 2.05) is 24.3 Å². The fraction of sp³-hybridized carbons (Fsp3) is 0.316. The molecule has 0 atom stereocenters. The highest BCUT2D eigenvalue weighted by Gasteiger charge is 2.42. The molecule has 0 amide bonds. The van der Waals surface area contributed by atoms with Crippen molar-refractivity contribution in [2.45, 2.75) is 31.7 Å². The zero-order valence-electron chi connectivity index (χ0n) is 15.0. The zero-order valence-corrected chi connectivity index (χ0v) is 15.7. The normalized spacial score (nSPS) is 15.4. The quantitative estimate of drug-likeness (QED) is 0.559. The molecule has 138 valence electrons. The number of hydrogen-bond donors (Lipinski definition) is 1. The van der Waals surface area contributed by atoms with Crippen molar-refractivity contribution in [1.82, 2.24) is 25.2 Å². The van der Waals surface area contributed by atoms with Crippen molar-refractivity contribution in [3.05, 3.63) is 46.8 Å². The molecule has 0 bridgehead atoms. The van der Waals surface area contributed by atoms with E-state index in [1.54, 1.807) is 7.11 Å². The van der Waals surface area contributed by atoms with Crippen molar-refractivity contribution in [2.75, 3.05) is 7.11 Å². The fourth-order valence-corrected chi connectivity index (χ4v) is 3.78. The molecule has 0 radical (unpaired) electrons. The fourth-order valence-electron chi connectivity index (χ4n) is 3.54. The van der Waals surface area contributed by atoms with E-state index < -0.39 is 0 Å². The summed E-state index contributed by atoms with van der Waals surface area (Å²) in [6, 6.07) is 10.0. The smallest absolute Gasteiger partial charge is 0.215 e. The third kappa shape index (κ3) is 2.70. The molecule has 0 saturated heterocycles. The summed E-state index contributed by atoms with van der Waals surface area (Å²) in [6.45, 7) is 2.91. The molecule has 8 heteroatoms. The van der Waals surface area contributed by atoms with Gasteiger partial charge >= 0.3 is 0 Å². The average Bonchev–Trinajstić information content (AvgIpc) is 3.09. The summed E-state index contributed by atoms with van der Waals surface area (Å²) in [6.07, 6.45) is 2.36. The zero-order chi connectivity index (χ0) is 18.6. The van der Waals surface area contributed by atoms with Gasteiger partial charge in [-0.1, -0.05) is 18.5 Å². The lowest BCUT2D eigenvalue weighted by Crippen LogP contribution is -2.10. The van der Waals surface area contributed by atoms with Gasteiger partial charge < -0.3 is 13.7 Å². The number of halogens is 1. The van der Waals surface area contributed by atoms with Gasteiger partial charge in [-0.2, -0.15) is 0 Å². The van der Waals surface area contributed by atoms with Crippen LogP contribution in [0.2, 0.25) is 5.02 Å². The topological polar surface area (TPSA) is 81.8 Å². The molecule has 1 aliphatic carbocycles. The van der Waals surface area contributed by atoms with Crippen LogP contribution in [0.5, 0.6) is 5.75 Å². The largest absolute Gasteiger partial charge is 0.495 e. The van der Waals surface area contributed by atoms with E-state index in [4.69, 9.17) is 20.8 Å². The number of H-pyrrole nitrogens is 1. The van der Waals surface area contributed by atoms with Gasteiger partial charge in [0.1, 0.15) is 11.5 Å². The van der Waals surface area contributed by atoms with E-state index in [1.165, 1.54) is 18.5 Å². The Kier molecular flexibility index (Phi) is 3.55. The number of aromatic amines is 1. The second-order valence-electron chi connectivity index (χ2n) is 7.24. The van der Waals surface area contributed by atoms with Gasteiger partial charge in [-0.25, -0.2) is 5.10 Å². The van der Waals surface area contributed by atoms with Crippen LogP contribution in [0.25, 0.3) is 22.5 Å². The minimum atomic E-state index is 0.197. The molecular weight excluding hydrogens is 366 g/mol. The van der Waals surface area contributed by atoms with Crippen molar-refractivity contribution in [3.8, 4) is 17.3 Å². The van der Waals surface area contributed by atoms with Gasteiger partial charge in [0.2, 0.25) is 5.82 Å². The van der Waals surface area contributed by atoms with Crippen molar-refractivity contribution in [2.24, 2.45) is 0 Å². The van der Waals surface area contributed by atoms with Gasteiger partial charge in [0, 0.05) is 16.5 Å². The number of ether oxygens (including phenoxy) is 1. The lowest BCUT2D eigenvalue weighted by Gasteiger charge is -2.14. The van der Waals surface area contributed by atoms with E-state index in [0.29, 0.717) is 28.9 Å². The number of tetrazole rings is 1. The van der Waals surface area contributed by atoms with Crippen molar-refractivity contribution < 1.29 is 9.15 Å². The van der Waals surface area contributed by atoms with Gasteiger partial charge in [0.15, 0.2) is 5.76 Å². The molecule has 1 aromatic carbocycles. The first kappa shape index (κ1) is 16.4. The number of fused-ring (bicyclic) bond motifs is 1. The van der Waals surface area contributed by atoms with Crippen LogP contribution >= 0.6 is 11.6 Å². The van der Waals surface area contributed by atoms with Crippen molar-refractivity contribution in [3.63, 3.8) is 0 Å². The van der Waals surface area contributed by atoms with Gasteiger partial charge in [-0.3, -0.25) is 0 Å². The highest BCUT2D eigenvalue weighted by Crippen LogP contribution is 2.49. The van der Waals surface area contributed by atoms with E-state index in [9.17, 15) is 0 Å². The number of methoxy groups -OCH3 is 1. The first-order chi connectivity index (χ1) is 13.1. The number of furan rings is 1. The Morgan fingerprint density at radius 2 is 2.15 bits per heavy atom. The molecule has 3 heterocycles. The average molecular weight is 384 g/mol. The van der Waals surface area contributed by atoms with Crippen LogP contribution in [-0.2, 0) is 12.0 Å². The van der Waals surface area contributed by atoms with Crippen LogP contribution in [0.4, 0.5) is 0 Å². The molecule has 1 saturated carbocycles. The maximum atomic E-state index is 6.40. The Bertz CT molecular complexity index is 1120. The molecule has 0 unspecified atom stereocenters. The number of nitrogens with one attached hydrogen (secondary N) is 1. The molecule has 1 N–H and O–H groups in total. The standard InChI is InChI=1S/C19H18ClN5O2/c1-19(5-6-19)17-8-11-7-16(26-2)13(20)9-14(11)25(17)10-12-3-4-15(27-12)18-21-23-24-22-18/h3-4,7-9H,5-6,10H2,1-2H3,(H,21,22,23,24). The van der Waals surface area contributed by atoms with Crippen molar-refractivity contribution >= 4 is 22.5 Å². The summed E-state index contributed by atoms with van der Waals surface area (Å²) < 4.78 is 13.6. The summed E-state index contributed by atoms with van der Waals surface area (Å²) in [5.74, 6) is 2.65. The third-order valence-corrected chi connectivity index (χ3v) is 5.64. The van der Waals surface area contributed by atoms with Crippen molar-refractivity contribution in [1.29, 1.82) is 0 Å². The van der Waals surface area contributed by atoms with Gasteiger partial charge in [0.25, 0.3) is 0 Å². The molecule has 27 heavy (non-hydrogen) atoms. The number of hydrogen-bond acceptors (Lipinski definition) is 5. The molecule has 0 aliphatic heterocycles. The molecule has 1 aliphatic rings. The van der Waals surface area contributed by atoms with Gasteiger partial charge in [-0.15, -0.1) is 5.10 Å². The first-order valence-electron chi connectivity index (χ1n) is 8.77. The molecule has 7 nitrogen and oxygen atoms in total. The Morgan fingerprint density at radius 3 is 2.85 bits per heavy atom. The monoisotopic (exact) mass is 383 g/mol. The first-order valence-corrected chi connectivity index (χ1v) is 9.15. The molecule has 5 rings (SSSR count). The van der Waals surface area contributed by atoms with E-state index in [0.717, 1.165) is 16.7 Å². The second-order valence-corrected chi connectivity index (χ2v) is 7.64. The Morgan fingerprint density at radius 1 is 1.30 bits per heavy atom. The van der Waals surface area contributed by atoms with Crippen LogP contribution in [0, 0.1) is 0 Å². The summed E-state index contributed by atoms with van der Waals surface area (Å²) >= 11 is 6.40. The Labute approximate surface area is 160 Å². The lowest BCUT2D eigenvalue weighted by atomic mass is 10.1. The minimum absolute atomic E-state index is 0.197. The lowest BCUT2D eigenvalue weighted by molar-refractivity contribution is 0.415. The predicted octanol–water partition coefficient (Wildman–Crippen LogP) is 4.18. The van der Waals surface area contributed by atoms with Crippen LogP contribution in [0.15, 0.2) is 34.7 Å². The van der Waals surface area contributed by atoms with Gasteiger partial charge in [-0.05, 0) is 53.6 Å². The number of rotatable bonds is 5. The highest BCUT2D eigenvalue weighted by atomic mass is 35.5. The predicted molar refractivity (Wildman–Crippen MR) is 101 cm³/mol. The van der Waals surface area contributed by atoms with Gasteiger partial charge in [0.05, 0.1) is 24.2 Å². The molecular formula is C19H18ClN5O2. The number of benzene rings is 1. The van der Waals surface area contributed by atoms with E-state index in [-0.39, 0.29) is 5.41 Å². The van der Waals surface area contributed by atoms with Crippen LogP contribution in [0.3, 0.4) is 0 Å². The van der Waals surface area contributed by atoms with Crippen LogP contribution < -0.4 is 4.74 Å². The minimum Gasteiger partial charge on any atom is -0.495 e. The van der Waals surface area contributed by atoms with E-state index in [2.05, 4.69) is 38.2 Å². The molecule has 0 spiro atoms. The third-order valence-electron chi connectivity index (χ3n) is 5.35. The Hall–Kier alpha value is -2.80. The Balaban J connectivity index is 1.60. The maximum absolute atomic E-state index is 6.40. The number of nitrogens with zero attached hydrogens (tertiary/aromatic N) is 4. The molecule has 3 aromatic heterocycles. The molecule has 4 aromatic rings. The summed E-state index contributed by atoms with van der Waals surface area (Å²) in [7, 11) is 1.63. The number of aromatic nitrogens is 5. The highest BCUT2D eigenvalue weighted by molar-refractivity contribution is 6.32.